The number of piperidine rings is 1. The van der Waals surface area contributed by atoms with Crippen LogP contribution in [0.5, 0.6) is 0 Å². The molecule has 0 spiro atoms. The van der Waals surface area contributed by atoms with Crippen molar-refractivity contribution in [2.45, 2.75) is 51.9 Å². The standard InChI is InChI=1S/C33H39F3N4O/c1-25(2)18-22-39-21-4-5-31(24-39)40(32(41)15-10-26-6-11-28(12-7-26)33(34,35)36)23-27-8-13-29(14-9-27)38(3)30-16-19-37-20-17-30/h6-17,19-20,25,31H,4-5,18,21-24H2,1-3H3/b15-10+/t31-/m1/s1. The molecule has 0 saturated carbocycles. The predicted octanol–water partition coefficient (Wildman–Crippen LogP) is 7.42. The van der Waals surface area contributed by atoms with Crippen molar-refractivity contribution in [1.29, 1.82) is 0 Å². The van der Waals surface area contributed by atoms with Crippen molar-refractivity contribution in [1.82, 2.24) is 14.8 Å². The molecule has 0 radical (unpaired) electrons. The summed E-state index contributed by atoms with van der Waals surface area (Å²) in [6, 6.07) is 17.0. The molecule has 4 rings (SSSR count). The first-order valence-electron chi connectivity index (χ1n) is 14.2. The summed E-state index contributed by atoms with van der Waals surface area (Å²) < 4.78 is 38.9. The van der Waals surface area contributed by atoms with E-state index in [1.807, 2.05) is 48.3 Å². The molecule has 0 bridgehead atoms. The number of aromatic nitrogens is 1. The topological polar surface area (TPSA) is 39.7 Å². The summed E-state index contributed by atoms with van der Waals surface area (Å²) in [5.41, 5.74) is 2.92. The minimum Gasteiger partial charge on any atom is -0.345 e. The number of benzene rings is 2. The lowest BCUT2D eigenvalue weighted by atomic mass is 10.0. The zero-order chi connectivity index (χ0) is 29.4. The molecule has 5 nitrogen and oxygen atoms in total. The van der Waals surface area contributed by atoms with Crippen LogP contribution in [0.1, 0.15) is 49.8 Å². The van der Waals surface area contributed by atoms with Crippen LogP contribution < -0.4 is 4.90 Å². The van der Waals surface area contributed by atoms with Gasteiger partial charge in [0, 0.05) is 56.0 Å². The fraction of sp³-hybridized carbons (Fsp3) is 0.394. The van der Waals surface area contributed by atoms with Crippen molar-refractivity contribution in [2.75, 3.05) is 31.6 Å². The van der Waals surface area contributed by atoms with Gasteiger partial charge in [-0.05, 0) is 91.9 Å². The van der Waals surface area contributed by atoms with Crippen LogP contribution in [0.2, 0.25) is 0 Å². The van der Waals surface area contributed by atoms with E-state index in [-0.39, 0.29) is 11.9 Å². The van der Waals surface area contributed by atoms with Crippen LogP contribution in [0.15, 0.2) is 79.1 Å². The van der Waals surface area contributed by atoms with Crippen LogP contribution in [0, 0.1) is 5.92 Å². The second-order valence-electron chi connectivity index (χ2n) is 11.1. The molecule has 1 amide bonds. The first kappa shape index (κ1) is 30.3. The van der Waals surface area contributed by atoms with E-state index < -0.39 is 11.7 Å². The Bertz CT molecular complexity index is 1270. The fourth-order valence-corrected chi connectivity index (χ4v) is 5.10. The van der Waals surface area contributed by atoms with Crippen LogP contribution >= 0.6 is 0 Å². The van der Waals surface area contributed by atoms with E-state index >= 15 is 0 Å². The summed E-state index contributed by atoms with van der Waals surface area (Å²) in [7, 11) is 2.00. The van der Waals surface area contributed by atoms with Crippen LogP contribution in [0.4, 0.5) is 24.5 Å². The Morgan fingerprint density at radius 2 is 1.68 bits per heavy atom. The number of alkyl halides is 3. The Hall–Kier alpha value is -3.65. The SMILES string of the molecule is CC(C)CCN1CCC[C@@H](N(Cc2ccc(N(C)c3ccncc3)cc2)C(=O)/C=C/c2ccc(C(F)(F)F)cc2)C1. The molecule has 41 heavy (non-hydrogen) atoms. The Balaban J connectivity index is 1.51. The van der Waals surface area contributed by atoms with Gasteiger partial charge >= 0.3 is 6.18 Å². The normalized spacial score (nSPS) is 16.3. The van der Waals surface area contributed by atoms with Crippen molar-refractivity contribution in [3.05, 3.63) is 95.8 Å². The molecule has 1 atom stereocenters. The van der Waals surface area contributed by atoms with Crippen molar-refractivity contribution in [2.24, 2.45) is 5.92 Å². The number of nitrogens with zero attached hydrogens (tertiary/aromatic N) is 4. The number of amides is 1. The van der Waals surface area contributed by atoms with Crippen LogP contribution in [0.3, 0.4) is 0 Å². The Morgan fingerprint density at radius 3 is 2.32 bits per heavy atom. The molecule has 218 valence electrons. The number of halogens is 3. The number of carbonyl (C=O) groups is 1. The van der Waals surface area contributed by atoms with Gasteiger partial charge in [0.15, 0.2) is 0 Å². The molecule has 2 aromatic carbocycles. The van der Waals surface area contributed by atoms with E-state index in [1.165, 1.54) is 18.2 Å². The molecule has 1 aromatic heterocycles. The number of carbonyl (C=O) groups excluding carboxylic acids is 1. The van der Waals surface area contributed by atoms with E-state index in [0.717, 1.165) is 68.0 Å². The molecule has 3 aromatic rings. The van der Waals surface area contributed by atoms with Gasteiger partial charge in [-0.25, -0.2) is 0 Å². The molecule has 1 aliphatic rings. The van der Waals surface area contributed by atoms with Crippen molar-refractivity contribution in [3.63, 3.8) is 0 Å². The summed E-state index contributed by atoms with van der Waals surface area (Å²) in [6.07, 6.45) is 5.27. The summed E-state index contributed by atoms with van der Waals surface area (Å²) in [5.74, 6) is 0.474. The van der Waals surface area contributed by atoms with Crippen molar-refractivity contribution < 1.29 is 18.0 Å². The number of pyridine rings is 1. The highest BCUT2D eigenvalue weighted by atomic mass is 19.4. The van der Waals surface area contributed by atoms with E-state index in [9.17, 15) is 18.0 Å². The lowest BCUT2D eigenvalue weighted by molar-refractivity contribution is -0.137. The number of rotatable bonds is 10. The molecule has 1 saturated heterocycles. The first-order valence-corrected chi connectivity index (χ1v) is 14.2. The van der Waals surface area contributed by atoms with Gasteiger partial charge in [-0.1, -0.05) is 38.1 Å². The lowest BCUT2D eigenvalue weighted by Crippen LogP contribution is -2.49. The third kappa shape index (κ3) is 8.67. The molecular formula is C33H39F3N4O. The lowest BCUT2D eigenvalue weighted by Gasteiger charge is -2.39. The molecule has 0 N–H and O–H groups in total. The van der Waals surface area contributed by atoms with Crippen LogP contribution in [0.25, 0.3) is 6.08 Å². The summed E-state index contributed by atoms with van der Waals surface area (Å²) in [4.78, 5) is 24.1. The predicted molar refractivity (Wildman–Crippen MR) is 159 cm³/mol. The van der Waals surface area contributed by atoms with Crippen LogP contribution in [-0.2, 0) is 17.5 Å². The minimum absolute atomic E-state index is 0.0554. The molecule has 2 heterocycles. The molecular weight excluding hydrogens is 525 g/mol. The average Bonchev–Trinajstić information content (AvgIpc) is 2.98. The average molecular weight is 565 g/mol. The number of hydrogen-bond acceptors (Lipinski definition) is 4. The monoisotopic (exact) mass is 564 g/mol. The van der Waals surface area contributed by atoms with E-state index in [1.54, 1.807) is 18.5 Å². The highest BCUT2D eigenvalue weighted by Crippen LogP contribution is 2.29. The Morgan fingerprint density at radius 1 is 1.02 bits per heavy atom. The first-order chi connectivity index (χ1) is 19.6. The zero-order valence-corrected chi connectivity index (χ0v) is 24.0. The highest BCUT2D eigenvalue weighted by molar-refractivity contribution is 5.92. The van der Waals surface area contributed by atoms with Gasteiger partial charge in [0.1, 0.15) is 0 Å². The van der Waals surface area contributed by atoms with Gasteiger partial charge < -0.3 is 14.7 Å². The van der Waals surface area contributed by atoms with Gasteiger partial charge in [-0.2, -0.15) is 13.2 Å². The van der Waals surface area contributed by atoms with E-state index in [2.05, 4.69) is 28.6 Å². The van der Waals surface area contributed by atoms with Gasteiger partial charge in [-0.15, -0.1) is 0 Å². The fourth-order valence-electron chi connectivity index (χ4n) is 5.10. The Labute approximate surface area is 241 Å². The van der Waals surface area contributed by atoms with Gasteiger partial charge in [0.05, 0.1) is 5.56 Å². The maximum atomic E-state index is 13.6. The third-order valence-corrected chi connectivity index (χ3v) is 7.61. The van der Waals surface area contributed by atoms with Crippen molar-refractivity contribution >= 4 is 23.4 Å². The zero-order valence-electron chi connectivity index (χ0n) is 24.0. The summed E-state index contributed by atoms with van der Waals surface area (Å²) >= 11 is 0. The molecule has 0 unspecified atom stereocenters. The van der Waals surface area contributed by atoms with Gasteiger partial charge in [0.25, 0.3) is 0 Å². The van der Waals surface area contributed by atoms with E-state index in [0.29, 0.717) is 18.0 Å². The quantitative estimate of drug-likeness (QED) is 0.240. The molecule has 8 heteroatoms. The third-order valence-electron chi connectivity index (χ3n) is 7.61. The second kappa shape index (κ2) is 13.8. The minimum atomic E-state index is -4.39. The maximum Gasteiger partial charge on any atom is 0.416 e. The summed E-state index contributed by atoms with van der Waals surface area (Å²) in [6.45, 7) is 7.75. The number of anilines is 2. The number of likely N-dealkylation sites (tertiary alicyclic amines) is 1. The molecule has 1 aliphatic heterocycles. The largest absolute Gasteiger partial charge is 0.416 e. The highest BCUT2D eigenvalue weighted by Gasteiger charge is 2.30. The van der Waals surface area contributed by atoms with E-state index in [4.69, 9.17) is 0 Å². The maximum absolute atomic E-state index is 13.6. The van der Waals surface area contributed by atoms with Gasteiger partial charge in [-0.3, -0.25) is 9.78 Å². The van der Waals surface area contributed by atoms with Crippen LogP contribution in [-0.4, -0.2) is 53.4 Å². The molecule has 0 aliphatic carbocycles. The molecule has 1 fully saturated rings. The van der Waals surface area contributed by atoms with Gasteiger partial charge in [0.2, 0.25) is 5.91 Å². The smallest absolute Gasteiger partial charge is 0.345 e. The van der Waals surface area contributed by atoms with Crippen molar-refractivity contribution in [3.8, 4) is 0 Å². The number of hydrogen-bond donors (Lipinski definition) is 0. The summed E-state index contributed by atoms with van der Waals surface area (Å²) in [5, 5.41) is 0. The second-order valence-corrected chi connectivity index (χ2v) is 11.1. The Kier molecular flexibility index (Phi) is 10.2.